The van der Waals surface area contributed by atoms with E-state index in [4.69, 9.17) is 11.6 Å². The Kier molecular flexibility index (Phi) is 4.20. The van der Waals surface area contributed by atoms with Crippen LogP contribution < -0.4 is 5.43 Å². The van der Waals surface area contributed by atoms with Crippen molar-refractivity contribution in [2.45, 2.75) is 13.8 Å². The van der Waals surface area contributed by atoms with Gasteiger partial charge in [-0.05, 0) is 32.0 Å². The predicted molar refractivity (Wildman–Crippen MR) is 79.2 cm³/mol. The summed E-state index contributed by atoms with van der Waals surface area (Å²) in [6.45, 7) is 3.84. The minimum Gasteiger partial charge on any atom is -0.272 e. The average molecular weight is 291 g/mol. The standard InChI is InChI=1S/C14H15ClN4O/c1-9-13(10(2)19(3)18-9)8-16-17-14(20)11-5-4-6-12(15)7-11/h4-8H,1-3H3,(H,17,20)/b16-8-. The van der Waals surface area contributed by atoms with E-state index in [0.29, 0.717) is 10.6 Å². The summed E-state index contributed by atoms with van der Waals surface area (Å²) < 4.78 is 1.77. The lowest BCUT2D eigenvalue weighted by Gasteiger charge is -2.00. The molecule has 0 aliphatic carbocycles. The zero-order chi connectivity index (χ0) is 14.7. The number of hydrogen-bond acceptors (Lipinski definition) is 3. The molecule has 0 bridgehead atoms. The first-order chi connectivity index (χ1) is 9.49. The van der Waals surface area contributed by atoms with Crippen molar-refractivity contribution >= 4 is 23.7 Å². The summed E-state index contributed by atoms with van der Waals surface area (Å²) in [4.78, 5) is 11.9. The van der Waals surface area contributed by atoms with Crippen LogP contribution in [-0.4, -0.2) is 21.9 Å². The zero-order valence-corrected chi connectivity index (χ0v) is 12.3. The number of aromatic nitrogens is 2. The van der Waals surface area contributed by atoms with Gasteiger partial charge in [-0.1, -0.05) is 17.7 Å². The largest absolute Gasteiger partial charge is 0.272 e. The van der Waals surface area contributed by atoms with Gasteiger partial charge in [-0.15, -0.1) is 0 Å². The van der Waals surface area contributed by atoms with Gasteiger partial charge in [0, 0.05) is 28.9 Å². The topological polar surface area (TPSA) is 59.3 Å². The fourth-order valence-corrected chi connectivity index (χ4v) is 2.02. The molecule has 1 N–H and O–H groups in total. The quantitative estimate of drug-likeness (QED) is 0.697. The van der Waals surface area contributed by atoms with Gasteiger partial charge in [0.2, 0.25) is 0 Å². The molecule has 0 unspecified atom stereocenters. The molecule has 1 heterocycles. The van der Waals surface area contributed by atoms with Crippen LogP contribution in [0.3, 0.4) is 0 Å². The first kappa shape index (κ1) is 14.3. The molecule has 0 aliphatic rings. The molecule has 6 heteroatoms. The van der Waals surface area contributed by atoms with Gasteiger partial charge in [0.15, 0.2) is 0 Å². The van der Waals surface area contributed by atoms with E-state index in [-0.39, 0.29) is 5.91 Å². The molecule has 0 saturated heterocycles. The Morgan fingerprint density at radius 2 is 2.20 bits per heavy atom. The number of carbonyl (C=O) groups is 1. The number of hydrogen-bond donors (Lipinski definition) is 1. The Morgan fingerprint density at radius 1 is 1.45 bits per heavy atom. The van der Waals surface area contributed by atoms with Crippen LogP contribution in [0.15, 0.2) is 29.4 Å². The summed E-state index contributed by atoms with van der Waals surface area (Å²) in [5.41, 5.74) is 5.70. The molecule has 0 atom stereocenters. The highest BCUT2D eigenvalue weighted by Crippen LogP contribution is 2.11. The minimum atomic E-state index is -0.303. The van der Waals surface area contributed by atoms with Crippen LogP contribution in [0.1, 0.15) is 27.3 Å². The van der Waals surface area contributed by atoms with Crippen molar-refractivity contribution in [1.82, 2.24) is 15.2 Å². The van der Waals surface area contributed by atoms with E-state index < -0.39 is 0 Å². The molecule has 0 aliphatic heterocycles. The third-order valence-corrected chi connectivity index (χ3v) is 3.25. The van der Waals surface area contributed by atoms with Gasteiger partial charge in [-0.25, -0.2) is 5.43 Å². The molecule has 20 heavy (non-hydrogen) atoms. The molecule has 1 aromatic carbocycles. The number of benzene rings is 1. The van der Waals surface area contributed by atoms with Crippen LogP contribution in [0.5, 0.6) is 0 Å². The van der Waals surface area contributed by atoms with Gasteiger partial charge in [-0.2, -0.15) is 10.2 Å². The van der Waals surface area contributed by atoms with Gasteiger partial charge in [0.25, 0.3) is 5.91 Å². The van der Waals surface area contributed by atoms with Crippen LogP contribution in [0.2, 0.25) is 5.02 Å². The normalized spacial score (nSPS) is 11.0. The number of amides is 1. The number of nitrogens with zero attached hydrogens (tertiary/aromatic N) is 3. The number of rotatable bonds is 3. The number of halogens is 1. The Bertz CT molecular complexity index is 676. The predicted octanol–water partition coefficient (Wildman–Crippen LogP) is 2.45. The molecule has 5 nitrogen and oxygen atoms in total. The molecule has 0 fully saturated rings. The molecular weight excluding hydrogens is 276 g/mol. The van der Waals surface area contributed by atoms with Crippen molar-refractivity contribution in [3.63, 3.8) is 0 Å². The van der Waals surface area contributed by atoms with Crippen molar-refractivity contribution in [3.8, 4) is 0 Å². The second kappa shape index (κ2) is 5.88. The summed E-state index contributed by atoms with van der Waals surface area (Å²) in [7, 11) is 1.87. The Hall–Kier alpha value is -2.14. The lowest BCUT2D eigenvalue weighted by Crippen LogP contribution is -2.17. The van der Waals surface area contributed by atoms with E-state index in [2.05, 4.69) is 15.6 Å². The molecule has 1 amide bonds. The summed E-state index contributed by atoms with van der Waals surface area (Å²) in [5, 5.41) is 8.75. The fraction of sp³-hybridized carbons (Fsp3) is 0.214. The second-order valence-corrected chi connectivity index (χ2v) is 4.85. The lowest BCUT2D eigenvalue weighted by molar-refractivity contribution is 0.0955. The van der Waals surface area contributed by atoms with E-state index >= 15 is 0 Å². The molecule has 104 valence electrons. The van der Waals surface area contributed by atoms with Crippen molar-refractivity contribution in [2.24, 2.45) is 12.1 Å². The van der Waals surface area contributed by atoms with Crippen LogP contribution in [0, 0.1) is 13.8 Å². The van der Waals surface area contributed by atoms with Gasteiger partial charge in [-0.3, -0.25) is 9.48 Å². The van der Waals surface area contributed by atoms with Gasteiger partial charge in [0.05, 0.1) is 11.9 Å². The number of nitrogens with one attached hydrogen (secondary N) is 1. The molecule has 1 aromatic heterocycles. The summed E-state index contributed by atoms with van der Waals surface area (Å²) >= 11 is 5.83. The van der Waals surface area contributed by atoms with Crippen LogP contribution in [0.4, 0.5) is 0 Å². The van der Waals surface area contributed by atoms with E-state index in [1.807, 2.05) is 20.9 Å². The van der Waals surface area contributed by atoms with Crippen molar-refractivity contribution < 1.29 is 4.79 Å². The maximum atomic E-state index is 11.9. The maximum absolute atomic E-state index is 11.9. The number of hydrazone groups is 1. The Morgan fingerprint density at radius 3 is 2.80 bits per heavy atom. The fourth-order valence-electron chi connectivity index (χ4n) is 1.83. The summed E-state index contributed by atoms with van der Waals surface area (Å²) in [6.07, 6.45) is 1.60. The first-order valence-electron chi connectivity index (χ1n) is 6.08. The number of aryl methyl sites for hydroxylation is 2. The molecule has 0 saturated carbocycles. The van der Waals surface area contributed by atoms with Crippen molar-refractivity contribution in [3.05, 3.63) is 51.8 Å². The number of carbonyl (C=O) groups excluding carboxylic acids is 1. The molecular formula is C14H15ClN4O. The zero-order valence-electron chi connectivity index (χ0n) is 11.5. The summed E-state index contributed by atoms with van der Waals surface area (Å²) in [5.74, 6) is -0.303. The SMILES string of the molecule is Cc1nn(C)c(C)c1/C=N\NC(=O)c1cccc(Cl)c1. The monoisotopic (exact) mass is 290 g/mol. The lowest BCUT2D eigenvalue weighted by atomic mass is 10.2. The Balaban J connectivity index is 2.08. The van der Waals surface area contributed by atoms with E-state index in [1.165, 1.54) is 0 Å². The smallest absolute Gasteiger partial charge is 0.271 e. The van der Waals surface area contributed by atoms with E-state index in [1.54, 1.807) is 35.2 Å². The van der Waals surface area contributed by atoms with E-state index in [9.17, 15) is 4.79 Å². The Labute approximate surface area is 122 Å². The van der Waals surface area contributed by atoms with Crippen molar-refractivity contribution in [2.75, 3.05) is 0 Å². The molecule has 0 radical (unpaired) electrons. The van der Waals surface area contributed by atoms with Crippen LogP contribution in [-0.2, 0) is 7.05 Å². The van der Waals surface area contributed by atoms with Gasteiger partial charge < -0.3 is 0 Å². The third kappa shape index (κ3) is 3.05. The average Bonchev–Trinajstić information content (AvgIpc) is 2.65. The van der Waals surface area contributed by atoms with Crippen molar-refractivity contribution in [1.29, 1.82) is 0 Å². The molecule has 2 rings (SSSR count). The van der Waals surface area contributed by atoms with Gasteiger partial charge in [0.1, 0.15) is 0 Å². The third-order valence-electron chi connectivity index (χ3n) is 3.01. The highest BCUT2D eigenvalue weighted by molar-refractivity contribution is 6.30. The maximum Gasteiger partial charge on any atom is 0.271 e. The highest BCUT2D eigenvalue weighted by atomic mass is 35.5. The molecule has 2 aromatic rings. The van der Waals surface area contributed by atoms with E-state index in [0.717, 1.165) is 17.0 Å². The second-order valence-electron chi connectivity index (χ2n) is 4.42. The summed E-state index contributed by atoms with van der Waals surface area (Å²) in [6, 6.07) is 6.70. The first-order valence-corrected chi connectivity index (χ1v) is 6.46. The minimum absolute atomic E-state index is 0.303. The highest BCUT2D eigenvalue weighted by Gasteiger charge is 2.07. The molecule has 0 spiro atoms. The van der Waals surface area contributed by atoms with Crippen LogP contribution >= 0.6 is 11.6 Å². The van der Waals surface area contributed by atoms with Gasteiger partial charge >= 0.3 is 0 Å². The van der Waals surface area contributed by atoms with Crippen LogP contribution in [0.25, 0.3) is 0 Å².